The SMILES string of the molecule is c1ccc2s[nH]c3ccccc3ncc2c1. The van der Waals surface area contributed by atoms with Gasteiger partial charge in [-0.1, -0.05) is 41.9 Å². The Bertz CT molecular complexity index is 561. The monoisotopic (exact) mass is 226 g/mol. The number of aromatic amines is 1. The summed E-state index contributed by atoms with van der Waals surface area (Å²) in [5, 5.41) is 1.15. The van der Waals surface area contributed by atoms with Crippen molar-refractivity contribution in [1.29, 1.82) is 0 Å². The molecule has 2 nitrogen and oxygen atoms in total. The van der Waals surface area contributed by atoms with Gasteiger partial charge in [-0.05, 0) is 18.2 Å². The Morgan fingerprint density at radius 2 is 1.75 bits per heavy atom. The minimum absolute atomic E-state index is 0.976. The van der Waals surface area contributed by atoms with Crippen molar-refractivity contribution >= 4 is 32.7 Å². The fraction of sp³-hybridized carbons (Fsp3) is 0. The number of H-pyrrole nitrogens is 1. The molecule has 0 fully saturated rings. The molecule has 1 heterocycles. The maximum Gasteiger partial charge on any atom is 0.0872 e. The summed E-state index contributed by atoms with van der Waals surface area (Å²) in [7, 11) is 0. The van der Waals surface area contributed by atoms with E-state index in [4.69, 9.17) is 0 Å². The van der Waals surface area contributed by atoms with E-state index >= 15 is 0 Å². The van der Waals surface area contributed by atoms with Crippen LogP contribution in [0.25, 0.3) is 21.1 Å². The third-order valence-electron chi connectivity index (χ3n) is 2.44. The summed E-state index contributed by atoms with van der Waals surface area (Å²) in [6.45, 7) is 0. The van der Waals surface area contributed by atoms with Gasteiger partial charge in [0, 0.05) is 11.6 Å². The van der Waals surface area contributed by atoms with Crippen LogP contribution in [0.15, 0.2) is 54.7 Å². The smallest absolute Gasteiger partial charge is 0.0872 e. The van der Waals surface area contributed by atoms with Crippen LogP contribution in [0.3, 0.4) is 0 Å². The number of rotatable bonds is 0. The molecule has 0 radical (unpaired) electrons. The van der Waals surface area contributed by atoms with Crippen molar-refractivity contribution in [2.24, 2.45) is 0 Å². The number of hydrogen-bond donors (Lipinski definition) is 1. The highest BCUT2D eigenvalue weighted by molar-refractivity contribution is 7.12. The highest BCUT2D eigenvalue weighted by Gasteiger charge is 1.92. The molecule has 1 aromatic heterocycles. The molecular weight excluding hydrogens is 216 g/mol. The van der Waals surface area contributed by atoms with E-state index in [1.54, 1.807) is 11.5 Å². The zero-order valence-electron chi connectivity index (χ0n) is 8.55. The van der Waals surface area contributed by atoms with E-state index < -0.39 is 0 Å². The number of aromatic nitrogens is 2. The van der Waals surface area contributed by atoms with Crippen LogP contribution in [0.4, 0.5) is 0 Å². The molecule has 0 atom stereocenters. The first kappa shape index (κ1) is 9.36. The molecule has 3 heteroatoms. The number of fused-ring (bicyclic) bond motifs is 2. The van der Waals surface area contributed by atoms with E-state index in [-0.39, 0.29) is 0 Å². The van der Waals surface area contributed by atoms with Gasteiger partial charge in [-0.15, -0.1) is 0 Å². The van der Waals surface area contributed by atoms with E-state index in [9.17, 15) is 0 Å². The standard InChI is InChI=1S/C13H10N2S/c1-4-8-13-10(5-1)9-14-11-6-2-3-7-12(11)15-16-13/h1-9,15H. The molecule has 3 rings (SSSR count). The first-order valence-electron chi connectivity index (χ1n) is 5.08. The van der Waals surface area contributed by atoms with Crippen LogP contribution >= 0.6 is 11.5 Å². The van der Waals surface area contributed by atoms with E-state index in [1.165, 1.54) is 4.70 Å². The van der Waals surface area contributed by atoms with Crippen molar-refractivity contribution in [2.75, 3.05) is 0 Å². The Morgan fingerprint density at radius 1 is 0.938 bits per heavy atom. The van der Waals surface area contributed by atoms with Gasteiger partial charge in [0.1, 0.15) is 0 Å². The van der Waals surface area contributed by atoms with Crippen molar-refractivity contribution in [2.45, 2.75) is 0 Å². The Balaban J connectivity index is 2.45. The average Bonchev–Trinajstić information content (AvgIpc) is 2.32. The minimum Gasteiger partial charge on any atom is -0.309 e. The van der Waals surface area contributed by atoms with E-state index in [2.05, 4.69) is 21.5 Å². The third kappa shape index (κ3) is 1.66. The lowest BCUT2D eigenvalue weighted by molar-refractivity contribution is 1.43. The summed E-state index contributed by atoms with van der Waals surface area (Å²) in [5.74, 6) is 0. The fourth-order valence-electron chi connectivity index (χ4n) is 1.60. The lowest BCUT2D eigenvalue weighted by Gasteiger charge is -1.95. The van der Waals surface area contributed by atoms with Crippen LogP contribution < -0.4 is 0 Å². The first-order valence-corrected chi connectivity index (χ1v) is 5.90. The predicted octanol–water partition coefficient (Wildman–Crippen LogP) is 3.90. The van der Waals surface area contributed by atoms with Crippen LogP contribution in [0.5, 0.6) is 0 Å². The molecule has 1 N–H and O–H groups in total. The quantitative estimate of drug-likeness (QED) is 0.618. The van der Waals surface area contributed by atoms with Gasteiger partial charge >= 0.3 is 0 Å². The molecule has 2 aromatic carbocycles. The van der Waals surface area contributed by atoms with E-state index in [0.717, 1.165) is 16.4 Å². The molecule has 0 unspecified atom stereocenters. The van der Waals surface area contributed by atoms with Gasteiger partial charge in [-0.3, -0.25) is 4.98 Å². The van der Waals surface area contributed by atoms with Gasteiger partial charge in [-0.2, -0.15) is 0 Å². The Morgan fingerprint density at radius 3 is 2.75 bits per heavy atom. The Hall–Kier alpha value is -1.87. The summed E-state index contributed by atoms with van der Waals surface area (Å²) in [6, 6.07) is 16.3. The second-order valence-electron chi connectivity index (χ2n) is 3.52. The molecule has 0 aliphatic rings. The maximum absolute atomic E-state index is 4.49. The predicted molar refractivity (Wildman–Crippen MR) is 69.1 cm³/mol. The van der Waals surface area contributed by atoms with Gasteiger partial charge in [-0.25, -0.2) is 0 Å². The molecule has 0 bridgehead atoms. The minimum atomic E-state index is 0.976. The van der Waals surface area contributed by atoms with Crippen LogP contribution in [-0.2, 0) is 0 Å². The number of nitrogens with zero attached hydrogens (tertiary/aromatic N) is 1. The average molecular weight is 226 g/mol. The molecule has 78 valence electrons. The molecule has 0 saturated heterocycles. The third-order valence-corrected chi connectivity index (χ3v) is 3.35. The van der Waals surface area contributed by atoms with Crippen LogP contribution in [0.1, 0.15) is 0 Å². The Kier molecular flexibility index (Phi) is 2.31. The highest BCUT2D eigenvalue weighted by Crippen LogP contribution is 2.15. The van der Waals surface area contributed by atoms with Crippen LogP contribution in [0.2, 0.25) is 0 Å². The van der Waals surface area contributed by atoms with Gasteiger partial charge < -0.3 is 4.37 Å². The van der Waals surface area contributed by atoms with Crippen molar-refractivity contribution in [1.82, 2.24) is 9.36 Å². The zero-order valence-corrected chi connectivity index (χ0v) is 9.37. The van der Waals surface area contributed by atoms with Gasteiger partial charge in [0.15, 0.2) is 0 Å². The topological polar surface area (TPSA) is 28.7 Å². The molecule has 3 aromatic rings. The summed E-state index contributed by atoms with van der Waals surface area (Å²) < 4.78 is 4.52. The summed E-state index contributed by atoms with van der Waals surface area (Å²) >= 11 is 1.62. The van der Waals surface area contributed by atoms with E-state index in [0.29, 0.717) is 0 Å². The molecule has 16 heavy (non-hydrogen) atoms. The number of benzene rings is 2. The molecule has 0 spiro atoms. The van der Waals surface area contributed by atoms with E-state index in [1.807, 2.05) is 42.6 Å². The first-order chi connectivity index (χ1) is 7.93. The molecule has 0 aliphatic heterocycles. The van der Waals surface area contributed by atoms with Crippen LogP contribution in [-0.4, -0.2) is 9.36 Å². The van der Waals surface area contributed by atoms with Gasteiger partial charge in [0.2, 0.25) is 0 Å². The van der Waals surface area contributed by atoms with Crippen molar-refractivity contribution in [3.63, 3.8) is 0 Å². The second kappa shape index (κ2) is 3.94. The zero-order chi connectivity index (χ0) is 10.8. The lowest BCUT2D eigenvalue weighted by atomic mass is 10.3. The lowest BCUT2D eigenvalue weighted by Crippen LogP contribution is -1.77. The number of hydrogen-bond acceptors (Lipinski definition) is 2. The molecule has 0 aliphatic carbocycles. The maximum atomic E-state index is 4.49. The fourth-order valence-corrected chi connectivity index (χ4v) is 2.38. The normalized spacial score (nSPS) is 10.5. The largest absolute Gasteiger partial charge is 0.309 e. The second-order valence-corrected chi connectivity index (χ2v) is 4.37. The van der Waals surface area contributed by atoms with Crippen LogP contribution in [0, 0.1) is 0 Å². The van der Waals surface area contributed by atoms with Gasteiger partial charge in [0.25, 0.3) is 0 Å². The highest BCUT2D eigenvalue weighted by atomic mass is 32.1. The molecular formula is C13H10N2S. The number of para-hydroxylation sites is 2. The summed E-state index contributed by atoms with van der Waals surface area (Å²) in [5.41, 5.74) is 2.03. The Labute approximate surface area is 97.0 Å². The van der Waals surface area contributed by atoms with Crippen molar-refractivity contribution in [3.8, 4) is 0 Å². The van der Waals surface area contributed by atoms with Gasteiger partial charge in [0.05, 0.1) is 15.7 Å². The molecule has 0 amide bonds. The van der Waals surface area contributed by atoms with Crippen molar-refractivity contribution in [3.05, 3.63) is 54.7 Å². The summed E-state index contributed by atoms with van der Waals surface area (Å²) in [4.78, 5) is 4.49. The summed E-state index contributed by atoms with van der Waals surface area (Å²) in [6.07, 6.45) is 1.92. The number of nitrogens with one attached hydrogen (secondary N) is 1. The molecule has 0 saturated carbocycles. The van der Waals surface area contributed by atoms with Crippen molar-refractivity contribution < 1.29 is 0 Å².